The minimum absolute atomic E-state index is 0.0311. The molecule has 0 spiro atoms. The summed E-state index contributed by atoms with van der Waals surface area (Å²) in [5, 5.41) is 21.4. The maximum absolute atomic E-state index is 10.9. The fourth-order valence-corrected chi connectivity index (χ4v) is 3.35. The second-order valence-corrected chi connectivity index (χ2v) is 5.71. The Labute approximate surface area is 107 Å². The molecule has 2 fully saturated rings. The molecule has 2 aliphatic rings. The molecule has 2 saturated heterocycles. The van der Waals surface area contributed by atoms with Crippen LogP contribution in [0.3, 0.4) is 0 Å². The van der Waals surface area contributed by atoms with E-state index in [2.05, 4.69) is 0 Å². The van der Waals surface area contributed by atoms with Crippen LogP contribution in [0, 0.1) is 0 Å². The summed E-state index contributed by atoms with van der Waals surface area (Å²) in [5.74, 6) is -1.15. The van der Waals surface area contributed by atoms with Crippen molar-refractivity contribution in [2.75, 3.05) is 0 Å². The number of fused-ring (bicyclic) bond motifs is 2. The molecule has 2 aliphatic heterocycles. The van der Waals surface area contributed by atoms with Crippen LogP contribution in [0.25, 0.3) is 0 Å². The molecular formula is C15H20O3. The molecule has 3 rings (SSSR count). The molecule has 2 N–H and O–H groups in total. The van der Waals surface area contributed by atoms with Crippen molar-refractivity contribution in [2.24, 2.45) is 0 Å². The van der Waals surface area contributed by atoms with Gasteiger partial charge in [0.05, 0.1) is 11.7 Å². The molecule has 0 aliphatic carbocycles. The van der Waals surface area contributed by atoms with Crippen LogP contribution in [0.4, 0.5) is 0 Å². The third-order valence-electron chi connectivity index (χ3n) is 4.17. The van der Waals surface area contributed by atoms with Gasteiger partial charge in [-0.05, 0) is 18.4 Å². The van der Waals surface area contributed by atoms with E-state index in [0.717, 1.165) is 24.8 Å². The largest absolute Gasteiger partial charge is 0.385 e. The number of rotatable bonds is 1. The maximum atomic E-state index is 10.9. The molecule has 0 saturated carbocycles. The highest BCUT2D eigenvalue weighted by Gasteiger charge is 2.49. The lowest BCUT2D eigenvalue weighted by atomic mass is 9.79. The third-order valence-corrected chi connectivity index (χ3v) is 4.17. The fourth-order valence-electron chi connectivity index (χ4n) is 3.35. The lowest BCUT2D eigenvalue weighted by molar-refractivity contribution is -0.293. The Bertz CT molecular complexity index is 419. The van der Waals surface area contributed by atoms with E-state index in [-0.39, 0.29) is 12.5 Å². The minimum Gasteiger partial charge on any atom is -0.385 e. The number of hydrogen-bond acceptors (Lipinski definition) is 3. The normalized spacial score (nSPS) is 40.2. The summed E-state index contributed by atoms with van der Waals surface area (Å²) in [6, 6.07) is 9.66. The predicted molar refractivity (Wildman–Crippen MR) is 67.9 cm³/mol. The second kappa shape index (κ2) is 4.34. The molecule has 98 valence electrons. The lowest BCUT2D eigenvalue weighted by Crippen LogP contribution is -2.50. The summed E-state index contributed by atoms with van der Waals surface area (Å²) in [6.45, 7) is 0. The van der Waals surface area contributed by atoms with Gasteiger partial charge in [-0.1, -0.05) is 36.8 Å². The van der Waals surface area contributed by atoms with Gasteiger partial charge in [0.2, 0.25) is 0 Å². The monoisotopic (exact) mass is 248 g/mol. The fraction of sp³-hybridized carbons (Fsp3) is 0.600. The van der Waals surface area contributed by atoms with Gasteiger partial charge in [-0.3, -0.25) is 0 Å². The summed E-state index contributed by atoms with van der Waals surface area (Å²) in [5.41, 5.74) is -0.0675. The number of hydrogen-bond donors (Lipinski definition) is 2. The van der Waals surface area contributed by atoms with Gasteiger partial charge in [0, 0.05) is 19.3 Å². The van der Waals surface area contributed by atoms with Crippen molar-refractivity contribution in [1.82, 2.24) is 0 Å². The van der Waals surface area contributed by atoms with Crippen LogP contribution in [0.1, 0.15) is 44.1 Å². The Kier molecular flexibility index (Phi) is 2.93. The summed E-state index contributed by atoms with van der Waals surface area (Å²) in [6.07, 6.45) is 4.42. The van der Waals surface area contributed by atoms with Crippen LogP contribution in [0.2, 0.25) is 0 Å². The van der Waals surface area contributed by atoms with Gasteiger partial charge in [0.1, 0.15) is 0 Å². The average Bonchev–Trinajstić information content (AvgIpc) is 2.48. The van der Waals surface area contributed by atoms with Crippen molar-refractivity contribution in [3.63, 3.8) is 0 Å². The first-order valence-electron chi connectivity index (χ1n) is 6.78. The summed E-state index contributed by atoms with van der Waals surface area (Å²) in [7, 11) is 0. The van der Waals surface area contributed by atoms with E-state index in [1.807, 2.05) is 30.3 Å². The van der Waals surface area contributed by atoms with E-state index < -0.39 is 11.4 Å². The SMILES string of the molecule is O[C@@]12CCCC[C@@H](C[C@@](O)(c3ccccc3)C1)O2. The third kappa shape index (κ3) is 2.18. The van der Waals surface area contributed by atoms with Crippen molar-refractivity contribution in [3.8, 4) is 0 Å². The van der Waals surface area contributed by atoms with E-state index in [0.29, 0.717) is 12.8 Å². The Morgan fingerprint density at radius 3 is 2.67 bits per heavy atom. The van der Waals surface area contributed by atoms with E-state index in [1.54, 1.807) is 0 Å². The standard InChI is InChI=1S/C15H20O3/c16-14(12-6-2-1-3-7-12)10-13-8-4-5-9-15(17,11-14)18-13/h1-3,6-7,13,16-17H,4-5,8-11H2/t13-,14-,15+/m0/s1. The van der Waals surface area contributed by atoms with Gasteiger partial charge in [-0.25, -0.2) is 0 Å². The van der Waals surface area contributed by atoms with Crippen LogP contribution < -0.4 is 0 Å². The first-order valence-corrected chi connectivity index (χ1v) is 6.78. The van der Waals surface area contributed by atoms with E-state index in [9.17, 15) is 10.2 Å². The number of ether oxygens (including phenoxy) is 1. The molecule has 0 radical (unpaired) electrons. The van der Waals surface area contributed by atoms with Gasteiger partial charge in [-0.2, -0.15) is 0 Å². The van der Waals surface area contributed by atoms with Crippen molar-refractivity contribution in [3.05, 3.63) is 35.9 Å². The minimum atomic E-state index is -1.15. The summed E-state index contributed by atoms with van der Waals surface area (Å²) < 4.78 is 5.75. The van der Waals surface area contributed by atoms with Crippen molar-refractivity contribution < 1.29 is 14.9 Å². The summed E-state index contributed by atoms with van der Waals surface area (Å²) in [4.78, 5) is 0. The Hall–Kier alpha value is -0.900. The maximum Gasteiger partial charge on any atom is 0.168 e. The van der Waals surface area contributed by atoms with Crippen LogP contribution in [-0.4, -0.2) is 22.1 Å². The molecule has 2 heterocycles. The van der Waals surface area contributed by atoms with E-state index >= 15 is 0 Å². The summed E-state index contributed by atoms with van der Waals surface area (Å²) >= 11 is 0. The van der Waals surface area contributed by atoms with E-state index in [4.69, 9.17) is 4.74 Å². The molecule has 3 atom stereocenters. The zero-order chi connectivity index (χ0) is 12.6. The van der Waals surface area contributed by atoms with Gasteiger partial charge >= 0.3 is 0 Å². The molecule has 3 heteroatoms. The predicted octanol–water partition coefficient (Wildman–Crippen LogP) is 2.32. The first-order chi connectivity index (χ1) is 8.60. The van der Waals surface area contributed by atoms with Crippen LogP contribution in [0.5, 0.6) is 0 Å². The number of aliphatic hydroxyl groups is 2. The Balaban J connectivity index is 1.93. The lowest BCUT2D eigenvalue weighted by Gasteiger charge is -2.45. The van der Waals surface area contributed by atoms with Gasteiger partial charge in [0.15, 0.2) is 5.79 Å². The molecular weight excluding hydrogens is 228 g/mol. The van der Waals surface area contributed by atoms with Crippen LogP contribution in [-0.2, 0) is 10.3 Å². The van der Waals surface area contributed by atoms with Crippen molar-refractivity contribution in [2.45, 2.75) is 56.0 Å². The molecule has 1 aromatic rings. The zero-order valence-electron chi connectivity index (χ0n) is 10.5. The Morgan fingerprint density at radius 1 is 1.11 bits per heavy atom. The molecule has 2 bridgehead atoms. The average molecular weight is 248 g/mol. The van der Waals surface area contributed by atoms with Crippen LogP contribution >= 0.6 is 0 Å². The van der Waals surface area contributed by atoms with Crippen LogP contribution in [0.15, 0.2) is 30.3 Å². The highest BCUT2D eigenvalue weighted by atomic mass is 16.6. The first kappa shape index (κ1) is 12.2. The molecule has 0 aromatic heterocycles. The number of benzene rings is 1. The topological polar surface area (TPSA) is 49.7 Å². The zero-order valence-corrected chi connectivity index (χ0v) is 10.5. The molecule has 1 aromatic carbocycles. The van der Waals surface area contributed by atoms with Gasteiger partial charge in [0.25, 0.3) is 0 Å². The quantitative estimate of drug-likeness (QED) is 0.802. The molecule has 18 heavy (non-hydrogen) atoms. The second-order valence-electron chi connectivity index (χ2n) is 5.71. The van der Waals surface area contributed by atoms with E-state index in [1.165, 1.54) is 0 Å². The smallest absolute Gasteiger partial charge is 0.168 e. The molecule has 0 amide bonds. The highest BCUT2D eigenvalue weighted by molar-refractivity contribution is 5.24. The van der Waals surface area contributed by atoms with Crippen molar-refractivity contribution in [1.29, 1.82) is 0 Å². The van der Waals surface area contributed by atoms with Crippen molar-refractivity contribution >= 4 is 0 Å². The van der Waals surface area contributed by atoms with Gasteiger partial charge in [-0.15, -0.1) is 0 Å². The highest BCUT2D eigenvalue weighted by Crippen LogP contribution is 2.45. The van der Waals surface area contributed by atoms with Gasteiger partial charge < -0.3 is 14.9 Å². The Morgan fingerprint density at radius 2 is 1.89 bits per heavy atom. The molecule has 0 unspecified atom stereocenters. The molecule has 3 nitrogen and oxygen atoms in total.